The van der Waals surface area contributed by atoms with Crippen LogP contribution in [0.4, 0.5) is 4.79 Å². The van der Waals surface area contributed by atoms with Gasteiger partial charge in [-0.15, -0.1) is 0 Å². The van der Waals surface area contributed by atoms with Gasteiger partial charge in [0.1, 0.15) is 5.92 Å². The maximum Gasteiger partial charge on any atom is 0.407 e. The van der Waals surface area contributed by atoms with Gasteiger partial charge < -0.3 is 14.7 Å². The first-order valence-corrected chi connectivity index (χ1v) is 9.48. The van der Waals surface area contributed by atoms with Gasteiger partial charge in [-0.2, -0.15) is 0 Å². The largest absolute Gasteiger partial charge is 0.468 e. The van der Waals surface area contributed by atoms with Crippen LogP contribution in [-0.4, -0.2) is 54.0 Å². The number of carboxylic acid groups (broad SMARTS) is 1. The molecule has 7 heteroatoms. The molecule has 0 saturated carbocycles. The first-order chi connectivity index (χ1) is 12.3. The van der Waals surface area contributed by atoms with Gasteiger partial charge in [0.05, 0.1) is 13.2 Å². The van der Waals surface area contributed by atoms with Crippen LogP contribution >= 0.6 is 15.9 Å². The Kier molecular flexibility index (Phi) is 7.20. The number of benzene rings is 1. The van der Waals surface area contributed by atoms with Crippen molar-refractivity contribution >= 4 is 33.7 Å². The van der Waals surface area contributed by atoms with Crippen LogP contribution in [0.15, 0.2) is 33.7 Å². The lowest BCUT2D eigenvalue weighted by atomic mass is 9.90. The molecule has 0 aromatic heterocycles. The molecule has 2 rings (SSSR count). The van der Waals surface area contributed by atoms with E-state index in [1.165, 1.54) is 12.0 Å². The second kappa shape index (κ2) is 9.16. The molecule has 1 fully saturated rings. The molecule has 0 radical (unpaired) electrons. The number of amides is 1. The van der Waals surface area contributed by atoms with E-state index in [4.69, 9.17) is 9.73 Å². The number of rotatable bonds is 5. The van der Waals surface area contributed by atoms with Crippen molar-refractivity contribution in [1.82, 2.24) is 4.90 Å². The average molecular weight is 425 g/mol. The summed E-state index contributed by atoms with van der Waals surface area (Å²) in [5.41, 5.74) is 1.48. The van der Waals surface area contributed by atoms with Crippen LogP contribution < -0.4 is 0 Å². The number of carbonyl (C=O) groups is 2. The number of nitrogens with zero attached hydrogens (tertiary/aromatic N) is 2. The SMILES string of the molecule is COC(=O)C(C(C)=NC(C)C1CCCN(C(=O)O)C1)c1ccccc1Br. The average Bonchev–Trinajstić information content (AvgIpc) is 2.63. The van der Waals surface area contributed by atoms with Gasteiger partial charge >= 0.3 is 12.1 Å². The van der Waals surface area contributed by atoms with Gasteiger partial charge in [0, 0.05) is 23.3 Å². The lowest BCUT2D eigenvalue weighted by Crippen LogP contribution is -2.42. The molecule has 26 heavy (non-hydrogen) atoms. The van der Waals surface area contributed by atoms with E-state index in [-0.39, 0.29) is 17.9 Å². The van der Waals surface area contributed by atoms with Crippen molar-refractivity contribution in [2.24, 2.45) is 10.9 Å². The molecule has 0 bridgehead atoms. The molecule has 1 aliphatic rings. The molecule has 1 amide bonds. The molecule has 1 aromatic rings. The van der Waals surface area contributed by atoms with Crippen LogP contribution in [0.1, 0.15) is 38.2 Å². The third-order valence-electron chi connectivity index (χ3n) is 4.89. The van der Waals surface area contributed by atoms with Crippen LogP contribution in [0.2, 0.25) is 0 Å². The van der Waals surface area contributed by atoms with Gasteiger partial charge in [0.25, 0.3) is 0 Å². The van der Waals surface area contributed by atoms with Crippen molar-refractivity contribution in [1.29, 1.82) is 0 Å². The number of methoxy groups -OCH3 is 1. The van der Waals surface area contributed by atoms with Crippen molar-refractivity contribution in [3.8, 4) is 0 Å². The Hall–Kier alpha value is -1.89. The fraction of sp³-hybridized carbons (Fsp3) is 0.526. The van der Waals surface area contributed by atoms with Crippen molar-refractivity contribution in [2.75, 3.05) is 20.2 Å². The molecule has 3 atom stereocenters. The first-order valence-electron chi connectivity index (χ1n) is 8.69. The van der Waals surface area contributed by atoms with Crippen molar-refractivity contribution < 1.29 is 19.4 Å². The second-order valence-corrected chi connectivity index (χ2v) is 7.47. The molecule has 1 saturated heterocycles. The minimum atomic E-state index is -0.886. The van der Waals surface area contributed by atoms with Crippen LogP contribution in [0.25, 0.3) is 0 Å². The Bertz CT molecular complexity index is 692. The summed E-state index contributed by atoms with van der Waals surface area (Å²) in [4.78, 5) is 29.8. The predicted octanol–water partition coefficient (Wildman–Crippen LogP) is 3.95. The Balaban J connectivity index is 2.24. The first kappa shape index (κ1) is 20.4. The summed E-state index contributed by atoms with van der Waals surface area (Å²) in [5.74, 6) is -0.800. The molecule has 1 heterocycles. The van der Waals surface area contributed by atoms with E-state index >= 15 is 0 Å². The van der Waals surface area contributed by atoms with Gasteiger partial charge in [-0.1, -0.05) is 34.1 Å². The third kappa shape index (κ3) is 4.84. The summed E-state index contributed by atoms with van der Waals surface area (Å²) in [6.45, 7) is 4.86. The summed E-state index contributed by atoms with van der Waals surface area (Å²) in [5, 5.41) is 9.22. The van der Waals surface area contributed by atoms with E-state index in [9.17, 15) is 14.7 Å². The molecule has 1 N–H and O–H groups in total. The number of carbonyl (C=O) groups excluding carboxylic acids is 1. The van der Waals surface area contributed by atoms with Crippen LogP contribution in [0.5, 0.6) is 0 Å². The Morgan fingerprint density at radius 3 is 2.69 bits per heavy atom. The highest BCUT2D eigenvalue weighted by atomic mass is 79.9. The lowest BCUT2D eigenvalue weighted by molar-refractivity contribution is -0.140. The van der Waals surface area contributed by atoms with E-state index in [2.05, 4.69) is 15.9 Å². The van der Waals surface area contributed by atoms with E-state index in [0.29, 0.717) is 18.8 Å². The minimum absolute atomic E-state index is 0.0770. The number of ether oxygens (including phenoxy) is 1. The summed E-state index contributed by atoms with van der Waals surface area (Å²) in [7, 11) is 1.37. The monoisotopic (exact) mass is 424 g/mol. The highest BCUT2D eigenvalue weighted by molar-refractivity contribution is 9.10. The Labute approximate surface area is 162 Å². The summed E-state index contributed by atoms with van der Waals surface area (Å²) >= 11 is 3.49. The van der Waals surface area contributed by atoms with Crippen molar-refractivity contribution in [2.45, 2.75) is 38.6 Å². The number of piperidine rings is 1. The summed E-state index contributed by atoms with van der Waals surface area (Å²) < 4.78 is 5.82. The highest BCUT2D eigenvalue weighted by Gasteiger charge is 2.30. The molecular weight excluding hydrogens is 400 g/mol. The fourth-order valence-corrected chi connectivity index (χ4v) is 3.94. The van der Waals surface area contributed by atoms with E-state index in [0.717, 1.165) is 22.9 Å². The van der Waals surface area contributed by atoms with E-state index < -0.39 is 12.0 Å². The molecule has 142 valence electrons. The Morgan fingerprint density at radius 2 is 2.08 bits per heavy atom. The quantitative estimate of drug-likeness (QED) is 0.573. The molecule has 6 nitrogen and oxygen atoms in total. The summed E-state index contributed by atoms with van der Waals surface area (Å²) in [6, 6.07) is 7.44. The van der Waals surface area contributed by atoms with Gasteiger partial charge in [0.2, 0.25) is 0 Å². The molecule has 0 spiro atoms. The smallest absolute Gasteiger partial charge is 0.407 e. The molecular formula is C19H25BrN2O4. The standard InChI is InChI=1S/C19H25BrN2O4/c1-12(14-7-6-10-22(11-14)19(24)25)21-13(2)17(18(23)26-3)15-8-4-5-9-16(15)20/h4-5,8-9,12,14,17H,6-7,10-11H2,1-3H3,(H,24,25). The van der Waals surface area contributed by atoms with Gasteiger partial charge in [0.15, 0.2) is 0 Å². The summed E-state index contributed by atoms with van der Waals surface area (Å²) in [6.07, 6.45) is 0.878. The van der Waals surface area contributed by atoms with Gasteiger partial charge in [-0.25, -0.2) is 4.79 Å². The third-order valence-corrected chi connectivity index (χ3v) is 5.61. The maximum atomic E-state index is 12.4. The van der Waals surface area contributed by atoms with Gasteiger partial charge in [-0.3, -0.25) is 9.79 Å². The second-order valence-electron chi connectivity index (χ2n) is 6.62. The van der Waals surface area contributed by atoms with Crippen molar-refractivity contribution in [3.63, 3.8) is 0 Å². The lowest BCUT2D eigenvalue weighted by Gasteiger charge is -2.33. The molecule has 0 aliphatic carbocycles. The number of esters is 1. The zero-order chi connectivity index (χ0) is 19.3. The number of halogens is 1. The number of hydrogen-bond acceptors (Lipinski definition) is 4. The highest BCUT2D eigenvalue weighted by Crippen LogP contribution is 2.29. The van der Waals surface area contributed by atoms with Crippen LogP contribution in [0.3, 0.4) is 0 Å². The predicted molar refractivity (Wildman–Crippen MR) is 104 cm³/mol. The van der Waals surface area contributed by atoms with Crippen LogP contribution in [0, 0.1) is 5.92 Å². The zero-order valence-corrected chi connectivity index (χ0v) is 16.9. The number of aliphatic imine (C=N–C) groups is 1. The number of hydrogen-bond donors (Lipinski definition) is 1. The van der Waals surface area contributed by atoms with Crippen LogP contribution in [-0.2, 0) is 9.53 Å². The van der Waals surface area contributed by atoms with Crippen molar-refractivity contribution in [3.05, 3.63) is 34.3 Å². The molecule has 3 unspecified atom stereocenters. The fourth-order valence-electron chi connectivity index (χ4n) is 3.43. The normalized spacial score (nSPS) is 20.4. The van der Waals surface area contributed by atoms with E-state index in [1.54, 1.807) is 0 Å². The minimum Gasteiger partial charge on any atom is -0.468 e. The topological polar surface area (TPSA) is 79.2 Å². The maximum absolute atomic E-state index is 12.4. The zero-order valence-electron chi connectivity index (χ0n) is 15.3. The molecule has 1 aromatic carbocycles. The Morgan fingerprint density at radius 1 is 1.38 bits per heavy atom. The van der Waals surface area contributed by atoms with Gasteiger partial charge in [-0.05, 0) is 44.2 Å². The van der Waals surface area contributed by atoms with E-state index in [1.807, 2.05) is 38.1 Å². The molecule has 1 aliphatic heterocycles. The number of likely N-dealkylation sites (tertiary alicyclic amines) is 1.